The number of anilines is 1. The van der Waals surface area contributed by atoms with Crippen molar-refractivity contribution in [1.82, 2.24) is 0 Å². The Kier molecular flexibility index (Phi) is 15.0. The molecule has 0 radical (unpaired) electrons. The SMILES string of the molecule is CCCCCCCCCCCCCCOc1cccc(N)c1.c1ccoc1. The van der Waals surface area contributed by atoms with E-state index in [9.17, 15) is 0 Å². The maximum atomic E-state index is 5.72. The van der Waals surface area contributed by atoms with Gasteiger partial charge in [-0.3, -0.25) is 0 Å². The Morgan fingerprint density at radius 2 is 1.30 bits per heavy atom. The summed E-state index contributed by atoms with van der Waals surface area (Å²) in [5, 5.41) is 0. The van der Waals surface area contributed by atoms with Crippen molar-refractivity contribution in [2.45, 2.75) is 84.0 Å². The van der Waals surface area contributed by atoms with E-state index in [1.807, 2.05) is 36.4 Å². The lowest BCUT2D eigenvalue weighted by atomic mass is 10.1. The number of benzene rings is 1. The second-order valence-electron chi connectivity index (χ2n) is 7.10. The molecule has 0 aliphatic heterocycles. The third-order valence-electron chi connectivity index (χ3n) is 4.55. The molecule has 152 valence electrons. The van der Waals surface area contributed by atoms with Gasteiger partial charge in [-0.05, 0) is 30.7 Å². The predicted octanol–water partition coefficient (Wildman–Crippen LogP) is 7.63. The molecule has 2 aromatic rings. The minimum absolute atomic E-state index is 0.771. The molecular weight excluding hydrogens is 334 g/mol. The van der Waals surface area contributed by atoms with Crippen molar-refractivity contribution in [3.8, 4) is 5.75 Å². The minimum Gasteiger partial charge on any atom is -0.494 e. The molecule has 1 aromatic heterocycles. The van der Waals surface area contributed by atoms with E-state index in [-0.39, 0.29) is 0 Å². The van der Waals surface area contributed by atoms with Crippen LogP contribution in [0.25, 0.3) is 0 Å². The lowest BCUT2D eigenvalue weighted by molar-refractivity contribution is 0.304. The lowest BCUT2D eigenvalue weighted by Crippen LogP contribution is -1.97. The van der Waals surface area contributed by atoms with Crippen molar-refractivity contribution in [2.24, 2.45) is 0 Å². The summed E-state index contributed by atoms with van der Waals surface area (Å²) >= 11 is 0. The molecule has 0 bridgehead atoms. The number of hydrogen-bond acceptors (Lipinski definition) is 3. The van der Waals surface area contributed by atoms with E-state index in [2.05, 4.69) is 11.3 Å². The van der Waals surface area contributed by atoms with Gasteiger partial charge in [-0.25, -0.2) is 0 Å². The van der Waals surface area contributed by atoms with Crippen LogP contribution < -0.4 is 10.5 Å². The summed E-state index contributed by atoms with van der Waals surface area (Å²) in [6.07, 6.45) is 19.7. The van der Waals surface area contributed by atoms with Gasteiger partial charge in [-0.2, -0.15) is 0 Å². The first kappa shape index (κ1) is 23.1. The first-order chi connectivity index (χ1) is 13.3. The topological polar surface area (TPSA) is 48.4 Å². The molecular formula is C24H39NO2. The number of hydrogen-bond donors (Lipinski definition) is 1. The van der Waals surface area contributed by atoms with Gasteiger partial charge in [0.25, 0.3) is 0 Å². The van der Waals surface area contributed by atoms with Gasteiger partial charge in [0, 0.05) is 11.8 Å². The molecule has 2 rings (SSSR count). The normalized spacial score (nSPS) is 10.3. The fraction of sp³-hybridized carbons (Fsp3) is 0.583. The molecule has 3 nitrogen and oxygen atoms in total. The van der Waals surface area contributed by atoms with Gasteiger partial charge >= 0.3 is 0 Å². The Morgan fingerprint density at radius 1 is 0.741 bits per heavy atom. The van der Waals surface area contributed by atoms with Gasteiger partial charge < -0.3 is 14.9 Å². The van der Waals surface area contributed by atoms with Crippen molar-refractivity contribution < 1.29 is 9.15 Å². The summed E-state index contributed by atoms with van der Waals surface area (Å²) in [6.45, 7) is 3.08. The zero-order valence-electron chi connectivity index (χ0n) is 17.2. The summed E-state index contributed by atoms with van der Waals surface area (Å²) in [6, 6.07) is 11.3. The molecule has 0 atom stereocenters. The van der Waals surface area contributed by atoms with Crippen molar-refractivity contribution in [2.75, 3.05) is 12.3 Å². The highest BCUT2D eigenvalue weighted by Crippen LogP contribution is 2.15. The molecule has 0 aliphatic rings. The van der Waals surface area contributed by atoms with E-state index in [4.69, 9.17) is 10.5 Å². The third kappa shape index (κ3) is 14.9. The minimum atomic E-state index is 0.771. The monoisotopic (exact) mass is 373 g/mol. The average Bonchev–Trinajstić information content (AvgIpc) is 3.26. The molecule has 0 amide bonds. The van der Waals surface area contributed by atoms with Gasteiger partial charge in [0.15, 0.2) is 0 Å². The maximum Gasteiger partial charge on any atom is 0.121 e. The van der Waals surface area contributed by atoms with Crippen LogP contribution in [0.15, 0.2) is 53.3 Å². The van der Waals surface area contributed by atoms with Crippen molar-refractivity contribution in [3.63, 3.8) is 0 Å². The Labute approximate surface area is 166 Å². The van der Waals surface area contributed by atoms with Gasteiger partial charge in [0.2, 0.25) is 0 Å². The summed E-state index contributed by atoms with van der Waals surface area (Å²) < 4.78 is 10.3. The molecule has 1 heterocycles. The predicted molar refractivity (Wildman–Crippen MR) is 116 cm³/mol. The smallest absolute Gasteiger partial charge is 0.121 e. The van der Waals surface area contributed by atoms with E-state index in [0.29, 0.717) is 0 Å². The molecule has 1 aromatic carbocycles. The van der Waals surface area contributed by atoms with Crippen LogP contribution in [0.5, 0.6) is 5.75 Å². The standard InChI is InChI=1S/C20H35NO.C4H4O/c1-2-3-4-5-6-7-8-9-10-11-12-13-17-22-20-16-14-15-19(21)18-20;1-2-4-5-3-1/h14-16,18H,2-13,17,21H2,1H3;1-4H. The van der Waals surface area contributed by atoms with Crippen LogP contribution in [0.2, 0.25) is 0 Å². The molecule has 0 saturated heterocycles. The first-order valence-corrected chi connectivity index (χ1v) is 10.8. The van der Waals surface area contributed by atoms with Gasteiger partial charge in [-0.15, -0.1) is 0 Å². The number of nitrogens with two attached hydrogens (primary N) is 1. The number of furan rings is 1. The Hall–Kier alpha value is -1.90. The highest BCUT2D eigenvalue weighted by Gasteiger charge is 1.96. The molecule has 0 spiro atoms. The molecule has 27 heavy (non-hydrogen) atoms. The third-order valence-corrected chi connectivity index (χ3v) is 4.55. The number of ether oxygens (including phenoxy) is 1. The summed E-state index contributed by atoms with van der Waals surface area (Å²) in [5.41, 5.74) is 6.49. The second kappa shape index (κ2) is 17.5. The van der Waals surface area contributed by atoms with E-state index in [1.165, 1.54) is 70.6 Å². The highest BCUT2D eigenvalue weighted by molar-refractivity contribution is 5.43. The van der Waals surface area contributed by atoms with Crippen LogP contribution in [-0.2, 0) is 0 Å². The van der Waals surface area contributed by atoms with Crippen LogP contribution in [0.1, 0.15) is 84.0 Å². The average molecular weight is 374 g/mol. The molecule has 0 saturated carbocycles. The number of unbranched alkanes of at least 4 members (excludes halogenated alkanes) is 11. The van der Waals surface area contributed by atoms with Crippen molar-refractivity contribution in [3.05, 3.63) is 48.9 Å². The Morgan fingerprint density at radius 3 is 1.78 bits per heavy atom. The van der Waals surface area contributed by atoms with E-state index in [1.54, 1.807) is 12.5 Å². The first-order valence-electron chi connectivity index (χ1n) is 10.8. The van der Waals surface area contributed by atoms with Crippen molar-refractivity contribution in [1.29, 1.82) is 0 Å². The zero-order chi connectivity index (χ0) is 19.4. The van der Waals surface area contributed by atoms with Crippen LogP contribution >= 0.6 is 0 Å². The number of rotatable bonds is 14. The quantitative estimate of drug-likeness (QED) is 0.273. The largest absolute Gasteiger partial charge is 0.494 e. The fourth-order valence-electron chi connectivity index (χ4n) is 2.96. The Balaban J connectivity index is 0.000000625. The highest BCUT2D eigenvalue weighted by atomic mass is 16.5. The van der Waals surface area contributed by atoms with Crippen LogP contribution in [0.3, 0.4) is 0 Å². The van der Waals surface area contributed by atoms with Crippen molar-refractivity contribution >= 4 is 5.69 Å². The van der Waals surface area contributed by atoms with E-state index >= 15 is 0 Å². The molecule has 0 aliphatic carbocycles. The zero-order valence-corrected chi connectivity index (χ0v) is 17.2. The van der Waals surface area contributed by atoms with Gasteiger partial charge in [-0.1, -0.05) is 83.6 Å². The van der Waals surface area contributed by atoms with Gasteiger partial charge in [0.05, 0.1) is 19.1 Å². The molecule has 0 fully saturated rings. The van der Waals surface area contributed by atoms with Crippen LogP contribution in [-0.4, -0.2) is 6.61 Å². The second-order valence-corrected chi connectivity index (χ2v) is 7.10. The van der Waals surface area contributed by atoms with E-state index in [0.717, 1.165) is 24.5 Å². The number of nitrogen functional groups attached to an aromatic ring is 1. The summed E-state index contributed by atoms with van der Waals surface area (Å²) in [5.74, 6) is 0.892. The maximum absolute atomic E-state index is 5.72. The lowest BCUT2D eigenvalue weighted by Gasteiger charge is -2.06. The molecule has 3 heteroatoms. The summed E-state index contributed by atoms with van der Waals surface area (Å²) in [4.78, 5) is 0. The fourth-order valence-corrected chi connectivity index (χ4v) is 2.96. The van der Waals surface area contributed by atoms with Crippen LogP contribution in [0, 0.1) is 0 Å². The molecule has 2 N–H and O–H groups in total. The molecule has 0 unspecified atom stereocenters. The van der Waals surface area contributed by atoms with E-state index < -0.39 is 0 Å². The summed E-state index contributed by atoms with van der Waals surface area (Å²) in [7, 11) is 0. The van der Waals surface area contributed by atoms with Crippen LogP contribution in [0.4, 0.5) is 5.69 Å². The Bertz CT molecular complexity index is 508. The van der Waals surface area contributed by atoms with Gasteiger partial charge in [0.1, 0.15) is 5.75 Å².